The average Bonchev–Trinajstić information content (AvgIpc) is 2.48. The van der Waals surface area contributed by atoms with Gasteiger partial charge in [-0.3, -0.25) is 4.79 Å². The quantitative estimate of drug-likeness (QED) is 0.464. The second-order valence-corrected chi connectivity index (χ2v) is 3.94. The molecule has 1 amide bonds. The van der Waals surface area contributed by atoms with Crippen molar-refractivity contribution in [2.75, 3.05) is 11.9 Å². The van der Waals surface area contributed by atoms with E-state index in [1.807, 2.05) is 18.2 Å². The first-order valence-electron chi connectivity index (χ1n) is 5.70. The topological polar surface area (TPSA) is 69.1 Å². The highest BCUT2D eigenvalue weighted by atomic mass is 16.2. The lowest BCUT2D eigenvalue weighted by Gasteiger charge is -2.17. The van der Waals surface area contributed by atoms with E-state index in [0.29, 0.717) is 11.3 Å². The number of rotatable bonds is 3. The molecule has 0 fully saturated rings. The molecular weight excluding hydrogens is 240 g/mol. The third-order valence-corrected chi connectivity index (χ3v) is 2.72. The number of benzene rings is 2. The minimum atomic E-state index is -0.0860. The normalized spacial score (nSPS) is 9.53. The summed E-state index contributed by atoms with van der Waals surface area (Å²) in [6.07, 6.45) is 0. The third kappa shape index (κ3) is 2.91. The molecule has 19 heavy (non-hydrogen) atoms. The van der Waals surface area contributed by atoms with E-state index in [9.17, 15) is 4.79 Å². The van der Waals surface area contributed by atoms with Gasteiger partial charge < -0.3 is 4.90 Å². The fourth-order valence-electron chi connectivity index (χ4n) is 1.69. The van der Waals surface area contributed by atoms with Gasteiger partial charge in [0.2, 0.25) is 0 Å². The molecule has 0 aromatic heterocycles. The maximum atomic E-state index is 12.2. The van der Waals surface area contributed by atoms with Gasteiger partial charge in [-0.1, -0.05) is 35.4 Å². The summed E-state index contributed by atoms with van der Waals surface area (Å²) in [6, 6.07) is 15.9. The van der Waals surface area contributed by atoms with Gasteiger partial charge in [-0.25, -0.2) is 0 Å². The molecule has 0 saturated carbocycles. The van der Waals surface area contributed by atoms with Gasteiger partial charge >= 0.3 is 0 Å². The average molecular weight is 252 g/mol. The van der Waals surface area contributed by atoms with Gasteiger partial charge in [0.1, 0.15) is 0 Å². The van der Waals surface area contributed by atoms with Crippen LogP contribution < -0.4 is 4.90 Å². The Morgan fingerprint density at radius 3 is 2.32 bits per heavy atom. The number of hydrogen-bond acceptors (Lipinski definition) is 2. The first kappa shape index (κ1) is 12.7. The number of amides is 1. The van der Waals surface area contributed by atoms with Crippen molar-refractivity contribution in [3.8, 4) is 0 Å². The highest BCUT2D eigenvalue weighted by Crippen LogP contribution is 2.20. The van der Waals surface area contributed by atoms with E-state index in [4.69, 9.17) is 5.53 Å². The van der Waals surface area contributed by atoms with Crippen molar-refractivity contribution >= 4 is 17.3 Å². The molecule has 94 valence electrons. The highest BCUT2D eigenvalue weighted by Gasteiger charge is 2.12. The molecule has 0 aliphatic heterocycles. The lowest BCUT2D eigenvalue weighted by atomic mass is 10.2. The van der Waals surface area contributed by atoms with Crippen molar-refractivity contribution in [2.45, 2.75) is 0 Å². The number of hydrogen-bond donors (Lipinski definition) is 0. The second-order valence-electron chi connectivity index (χ2n) is 3.94. The summed E-state index contributed by atoms with van der Waals surface area (Å²) in [5.41, 5.74) is 10.2. The van der Waals surface area contributed by atoms with Crippen LogP contribution in [0.4, 0.5) is 11.4 Å². The fraction of sp³-hybridized carbons (Fsp3) is 0.0714. The van der Waals surface area contributed by atoms with Gasteiger partial charge in [0.25, 0.3) is 5.91 Å². The predicted molar refractivity (Wildman–Crippen MR) is 74.4 cm³/mol. The number of carbonyl (C=O) groups excluding carboxylic acids is 1. The van der Waals surface area contributed by atoms with E-state index in [0.717, 1.165) is 5.69 Å². The number of carbonyl (C=O) groups is 1. The Balaban J connectivity index is 2.22. The molecule has 0 bridgehead atoms. The molecule has 2 aromatic carbocycles. The summed E-state index contributed by atoms with van der Waals surface area (Å²) in [4.78, 5) is 16.5. The lowest BCUT2D eigenvalue weighted by Crippen LogP contribution is -2.25. The number of anilines is 1. The zero-order valence-electron chi connectivity index (χ0n) is 10.4. The van der Waals surface area contributed by atoms with Crippen molar-refractivity contribution in [1.29, 1.82) is 0 Å². The zero-order chi connectivity index (χ0) is 13.7. The van der Waals surface area contributed by atoms with Crippen LogP contribution in [-0.4, -0.2) is 13.0 Å². The van der Waals surface area contributed by atoms with Crippen LogP contribution in [0.25, 0.3) is 10.4 Å². The number of azide groups is 1. The molecule has 0 spiro atoms. The van der Waals surface area contributed by atoms with Crippen LogP contribution in [0.2, 0.25) is 0 Å². The van der Waals surface area contributed by atoms with Gasteiger partial charge in [0.05, 0.1) is 0 Å². The van der Waals surface area contributed by atoms with Crippen LogP contribution in [0, 0.1) is 0 Å². The summed E-state index contributed by atoms with van der Waals surface area (Å²) in [7, 11) is 1.71. The minimum Gasteiger partial charge on any atom is -0.311 e. The lowest BCUT2D eigenvalue weighted by molar-refractivity contribution is 0.0993. The van der Waals surface area contributed by atoms with E-state index in [1.54, 1.807) is 48.3 Å². The summed E-state index contributed by atoms with van der Waals surface area (Å²) in [5.74, 6) is -0.0860. The molecule has 0 saturated heterocycles. The van der Waals surface area contributed by atoms with Crippen molar-refractivity contribution < 1.29 is 4.79 Å². The van der Waals surface area contributed by atoms with Crippen LogP contribution in [0.1, 0.15) is 10.4 Å². The Bertz CT molecular complexity index is 616. The van der Waals surface area contributed by atoms with Gasteiger partial charge in [0, 0.05) is 28.9 Å². The molecule has 0 aliphatic carbocycles. The fourth-order valence-corrected chi connectivity index (χ4v) is 1.69. The van der Waals surface area contributed by atoms with Crippen LogP contribution in [-0.2, 0) is 0 Å². The maximum Gasteiger partial charge on any atom is 0.258 e. The molecule has 0 heterocycles. The third-order valence-electron chi connectivity index (χ3n) is 2.72. The standard InChI is InChI=1S/C14H12N4O/c1-18(14(19)11-5-3-2-4-6-11)13-9-7-12(8-10-13)16-17-15/h2-10H,1H3. The van der Waals surface area contributed by atoms with Gasteiger partial charge in [-0.15, -0.1) is 0 Å². The molecule has 0 atom stereocenters. The summed E-state index contributed by atoms with van der Waals surface area (Å²) >= 11 is 0. The van der Waals surface area contributed by atoms with Gasteiger partial charge in [-0.2, -0.15) is 0 Å². The molecule has 2 rings (SSSR count). The Kier molecular flexibility index (Phi) is 3.81. The van der Waals surface area contributed by atoms with Crippen molar-refractivity contribution in [1.82, 2.24) is 0 Å². The van der Waals surface area contributed by atoms with E-state index in [2.05, 4.69) is 10.0 Å². The van der Waals surface area contributed by atoms with Crippen molar-refractivity contribution in [2.24, 2.45) is 5.11 Å². The van der Waals surface area contributed by atoms with Crippen LogP contribution in [0.3, 0.4) is 0 Å². The van der Waals surface area contributed by atoms with E-state index >= 15 is 0 Å². The Labute approximate surface area is 110 Å². The van der Waals surface area contributed by atoms with Crippen LogP contribution in [0.5, 0.6) is 0 Å². The van der Waals surface area contributed by atoms with Crippen molar-refractivity contribution in [3.05, 3.63) is 70.6 Å². The largest absolute Gasteiger partial charge is 0.311 e. The Morgan fingerprint density at radius 2 is 1.74 bits per heavy atom. The SMILES string of the molecule is CN(C(=O)c1ccccc1)c1ccc(N=[N+]=[N-])cc1. The molecule has 0 radical (unpaired) electrons. The molecule has 0 aliphatic rings. The monoisotopic (exact) mass is 252 g/mol. The van der Waals surface area contributed by atoms with E-state index in [-0.39, 0.29) is 5.91 Å². The summed E-state index contributed by atoms with van der Waals surface area (Å²) in [5, 5.41) is 3.49. The molecule has 5 heteroatoms. The van der Waals surface area contributed by atoms with Gasteiger partial charge in [-0.05, 0) is 29.8 Å². The van der Waals surface area contributed by atoms with Crippen molar-refractivity contribution in [3.63, 3.8) is 0 Å². The molecule has 0 N–H and O–H groups in total. The minimum absolute atomic E-state index is 0.0860. The molecular formula is C14H12N4O. The Hall–Kier alpha value is -2.78. The summed E-state index contributed by atoms with van der Waals surface area (Å²) in [6.45, 7) is 0. The molecule has 0 unspecified atom stereocenters. The molecule has 2 aromatic rings. The summed E-state index contributed by atoms with van der Waals surface area (Å²) < 4.78 is 0. The second kappa shape index (κ2) is 5.71. The number of nitrogens with zero attached hydrogens (tertiary/aromatic N) is 4. The highest BCUT2D eigenvalue weighted by molar-refractivity contribution is 6.05. The van der Waals surface area contributed by atoms with Gasteiger partial charge in [0.15, 0.2) is 0 Å². The van der Waals surface area contributed by atoms with Crippen LogP contribution >= 0.6 is 0 Å². The Morgan fingerprint density at radius 1 is 1.11 bits per heavy atom. The first-order chi connectivity index (χ1) is 9.22. The zero-order valence-corrected chi connectivity index (χ0v) is 10.4. The first-order valence-corrected chi connectivity index (χ1v) is 5.70. The maximum absolute atomic E-state index is 12.2. The predicted octanol–water partition coefficient (Wildman–Crippen LogP) is 3.91. The van der Waals surface area contributed by atoms with E-state index < -0.39 is 0 Å². The van der Waals surface area contributed by atoms with Crippen LogP contribution in [0.15, 0.2) is 59.7 Å². The smallest absolute Gasteiger partial charge is 0.258 e. The molecule has 5 nitrogen and oxygen atoms in total. The van der Waals surface area contributed by atoms with E-state index in [1.165, 1.54) is 0 Å².